The van der Waals surface area contributed by atoms with Crippen LogP contribution in [0.25, 0.3) is 17.1 Å². The molecule has 0 atom stereocenters. The number of rotatable bonds is 4. The van der Waals surface area contributed by atoms with E-state index in [2.05, 4.69) is 9.97 Å². The number of ketones is 1. The van der Waals surface area contributed by atoms with E-state index in [0.29, 0.717) is 5.56 Å². The second-order valence-corrected chi connectivity index (χ2v) is 4.65. The number of carbonyl (C=O) groups excluding carboxylic acids is 1. The number of carbonyl (C=O) groups is 1. The van der Waals surface area contributed by atoms with Crippen molar-refractivity contribution in [2.75, 3.05) is 0 Å². The number of imidazole rings is 1. The van der Waals surface area contributed by atoms with Crippen molar-refractivity contribution in [3.8, 4) is 0 Å². The summed E-state index contributed by atoms with van der Waals surface area (Å²) in [7, 11) is 0. The molecule has 0 fully saturated rings. The summed E-state index contributed by atoms with van der Waals surface area (Å²) in [4.78, 5) is 29.5. The van der Waals surface area contributed by atoms with Crippen LogP contribution in [-0.4, -0.2) is 20.7 Å². The average molecular weight is 293 g/mol. The number of nitrogens with one attached hydrogen (secondary N) is 1. The molecule has 3 rings (SSSR count). The first-order valence-corrected chi connectivity index (χ1v) is 6.55. The molecule has 0 bridgehead atoms. The minimum Gasteiger partial charge on any atom is -0.335 e. The maximum atomic E-state index is 12.1. The van der Waals surface area contributed by atoms with Gasteiger partial charge in [0.15, 0.2) is 5.82 Å². The Kier molecular flexibility index (Phi) is 3.49. The van der Waals surface area contributed by atoms with Crippen LogP contribution in [0.4, 0.5) is 5.69 Å². The molecule has 0 unspecified atom stereocenters. The third-order valence-corrected chi connectivity index (χ3v) is 3.13. The number of nitrogens with zero attached hydrogens (tertiary/aromatic N) is 2. The number of benzene rings is 2. The first-order chi connectivity index (χ1) is 10.6. The lowest BCUT2D eigenvalue weighted by Crippen LogP contribution is -1.96. The van der Waals surface area contributed by atoms with E-state index in [4.69, 9.17) is 0 Å². The van der Waals surface area contributed by atoms with Crippen molar-refractivity contribution in [2.45, 2.75) is 0 Å². The molecule has 0 aliphatic rings. The molecule has 6 heteroatoms. The van der Waals surface area contributed by atoms with Crippen LogP contribution in [0.1, 0.15) is 16.2 Å². The van der Waals surface area contributed by atoms with E-state index in [1.165, 1.54) is 24.3 Å². The highest BCUT2D eigenvalue weighted by molar-refractivity contribution is 6.05. The van der Waals surface area contributed by atoms with Crippen LogP contribution >= 0.6 is 0 Å². The molecular formula is C16H11N3O3. The van der Waals surface area contributed by atoms with Crippen molar-refractivity contribution < 1.29 is 9.72 Å². The fraction of sp³-hybridized carbons (Fsp3) is 0. The number of nitro groups is 1. The van der Waals surface area contributed by atoms with E-state index in [-0.39, 0.29) is 17.3 Å². The van der Waals surface area contributed by atoms with Gasteiger partial charge in [0, 0.05) is 12.1 Å². The molecule has 6 nitrogen and oxygen atoms in total. The predicted molar refractivity (Wildman–Crippen MR) is 82.6 cm³/mol. The van der Waals surface area contributed by atoms with Gasteiger partial charge in [-0.1, -0.05) is 30.3 Å². The summed E-state index contributed by atoms with van der Waals surface area (Å²) in [5.41, 5.74) is 2.07. The Hall–Kier alpha value is -3.28. The van der Waals surface area contributed by atoms with Gasteiger partial charge >= 0.3 is 0 Å². The standard InChI is InChI=1S/C16H11N3O3/c20-15(16-17-13-6-1-2-7-14(13)18-16)9-8-11-4-3-5-12(10-11)19(21)22/h1-10H,(H,17,18). The zero-order valence-corrected chi connectivity index (χ0v) is 11.4. The Balaban J connectivity index is 1.84. The average Bonchev–Trinajstić information content (AvgIpc) is 2.97. The van der Waals surface area contributed by atoms with Gasteiger partial charge in [0.1, 0.15) is 0 Å². The third kappa shape index (κ3) is 2.76. The van der Waals surface area contributed by atoms with Crippen LogP contribution in [0.5, 0.6) is 0 Å². The van der Waals surface area contributed by atoms with Crippen LogP contribution in [-0.2, 0) is 0 Å². The monoisotopic (exact) mass is 293 g/mol. The normalized spacial score (nSPS) is 11.1. The number of H-pyrrole nitrogens is 1. The fourth-order valence-corrected chi connectivity index (χ4v) is 2.06. The Morgan fingerprint density at radius 3 is 2.77 bits per heavy atom. The molecule has 2 aromatic carbocycles. The predicted octanol–water partition coefficient (Wildman–Crippen LogP) is 3.37. The van der Waals surface area contributed by atoms with E-state index in [1.54, 1.807) is 12.1 Å². The van der Waals surface area contributed by atoms with Gasteiger partial charge in [0.2, 0.25) is 5.78 Å². The number of non-ortho nitro benzene ring substituents is 1. The molecule has 1 N–H and O–H groups in total. The second-order valence-electron chi connectivity index (χ2n) is 4.65. The number of fused-ring (bicyclic) bond motifs is 1. The van der Waals surface area contributed by atoms with Gasteiger partial charge in [0.05, 0.1) is 16.0 Å². The SMILES string of the molecule is O=C(C=Cc1cccc([N+](=O)[O-])c1)c1nc2ccccc2[nH]1. The van der Waals surface area contributed by atoms with Gasteiger partial charge < -0.3 is 4.98 Å². The molecule has 0 saturated heterocycles. The highest BCUT2D eigenvalue weighted by Gasteiger charge is 2.08. The van der Waals surface area contributed by atoms with Crippen LogP contribution in [0, 0.1) is 10.1 Å². The number of aromatic nitrogens is 2. The molecule has 0 spiro atoms. The molecule has 0 aliphatic carbocycles. The Bertz CT molecular complexity index is 863. The molecule has 1 aromatic heterocycles. The van der Waals surface area contributed by atoms with E-state index in [0.717, 1.165) is 11.0 Å². The maximum Gasteiger partial charge on any atom is 0.270 e. The second kappa shape index (κ2) is 5.61. The Morgan fingerprint density at radius 1 is 1.18 bits per heavy atom. The van der Waals surface area contributed by atoms with E-state index < -0.39 is 4.92 Å². The van der Waals surface area contributed by atoms with Gasteiger partial charge in [0.25, 0.3) is 5.69 Å². The smallest absolute Gasteiger partial charge is 0.270 e. The van der Waals surface area contributed by atoms with Gasteiger partial charge in [-0.15, -0.1) is 0 Å². The number of aromatic amines is 1. The maximum absolute atomic E-state index is 12.1. The molecule has 0 amide bonds. The van der Waals surface area contributed by atoms with E-state index in [9.17, 15) is 14.9 Å². The highest BCUT2D eigenvalue weighted by atomic mass is 16.6. The summed E-state index contributed by atoms with van der Waals surface area (Å²) in [6.07, 6.45) is 2.87. The van der Waals surface area contributed by atoms with Gasteiger partial charge in [-0.3, -0.25) is 14.9 Å². The van der Waals surface area contributed by atoms with Crippen LogP contribution in [0.2, 0.25) is 0 Å². The Morgan fingerprint density at radius 2 is 2.00 bits per heavy atom. The number of hydrogen-bond donors (Lipinski definition) is 1. The highest BCUT2D eigenvalue weighted by Crippen LogP contribution is 2.15. The molecule has 22 heavy (non-hydrogen) atoms. The minimum atomic E-state index is -0.474. The molecule has 3 aromatic rings. The zero-order valence-electron chi connectivity index (χ0n) is 11.4. The summed E-state index contributed by atoms with van der Waals surface area (Å²) < 4.78 is 0. The third-order valence-electron chi connectivity index (χ3n) is 3.13. The lowest BCUT2D eigenvalue weighted by Gasteiger charge is -1.94. The first kappa shape index (κ1) is 13.7. The first-order valence-electron chi connectivity index (χ1n) is 6.55. The van der Waals surface area contributed by atoms with Crippen molar-refractivity contribution in [2.24, 2.45) is 0 Å². The quantitative estimate of drug-likeness (QED) is 0.345. The molecule has 1 heterocycles. The lowest BCUT2D eigenvalue weighted by molar-refractivity contribution is -0.384. The number of nitro benzene ring substituents is 1. The van der Waals surface area contributed by atoms with Crippen molar-refractivity contribution in [3.63, 3.8) is 0 Å². The molecule has 0 radical (unpaired) electrons. The molecule has 108 valence electrons. The lowest BCUT2D eigenvalue weighted by atomic mass is 10.1. The molecular weight excluding hydrogens is 282 g/mol. The van der Waals surface area contributed by atoms with Crippen molar-refractivity contribution in [1.29, 1.82) is 0 Å². The Labute approximate surface area is 125 Å². The van der Waals surface area contributed by atoms with Gasteiger partial charge in [-0.05, 0) is 23.8 Å². The topological polar surface area (TPSA) is 88.9 Å². The van der Waals surface area contributed by atoms with Gasteiger partial charge in [-0.25, -0.2) is 4.98 Å². The van der Waals surface area contributed by atoms with E-state index in [1.807, 2.05) is 24.3 Å². The van der Waals surface area contributed by atoms with Gasteiger partial charge in [-0.2, -0.15) is 0 Å². The van der Waals surface area contributed by atoms with Crippen molar-refractivity contribution >= 4 is 28.6 Å². The summed E-state index contributed by atoms with van der Waals surface area (Å²) in [6, 6.07) is 13.4. The number of para-hydroxylation sites is 2. The zero-order chi connectivity index (χ0) is 15.5. The van der Waals surface area contributed by atoms with Crippen molar-refractivity contribution in [3.05, 3.63) is 76.1 Å². The van der Waals surface area contributed by atoms with Crippen molar-refractivity contribution in [1.82, 2.24) is 9.97 Å². The summed E-state index contributed by atoms with van der Waals surface area (Å²) in [5.74, 6) is -0.0504. The van der Waals surface area contributed by atoms with Crippen LogP contribution in [0.15, 0.2) is 54.6 Å². The number of hydrogen-bond acceptors (Lipinski definition) is 4. The largest absolute Gasteiger partial charge is 0.335 e. The minimum absolute atomic E-state index is 0.0154. The van der Waals surface area contributed by atoms with Crippen LogP contribution < -0.4 is 0 Å². The summed E-state index contributed by atoms with van der Waals surface area (Å²) >= 11 is 0. The molecule has 0 aliphatic heterocycles. The summed E-state index contributed by atoms with van der Waals surface area (Å²) in [6.45, 7) is 0. The van der Waals surface area contributed by atoms with E-state index >= 15 is 0 Å². The summed E-state index contributed by atoms with van der Waals surface area (Å²) in [5, 5.41) is 10.7. The van der Waals surface area contributed by atoms with Crippen LogP contribution in [0.3, 0.4) is 0 Å². The number of allylic oxidation sites excluding steroid dienone is 1. The fourth-order valence-electron chi connectivity index (χ4n) is 2.06. The molecule has 0 saturated carbocycles.